The standard InChI is InChI=1S/C8H5NO2S3/c10-5(4-2-1-3-13-4)6-7(11)9-8(12)14-6/h1-3,10H,(H,9,11,12). The predicted octanol–water partition coefficient (Wildman–Crippen LogP) is 2.12. The van der Waals surface area contributed by atoms with Crippen LogP contribution in [0.15, 0.2) is 22.4 Å². The van der Waals surface area contributed by atoms with E-state index in [1.54, 1.807) is 6.07 Å². The second-order valence-electron chi connectivity index (χ2n) is 2.50. The summed E-state index contributed by atoms with van der Waals surface area (Å²) in [5.74, 6) is -0.326. The number of carbonyl (C=O) groups is 1. The van der Waals surface area contributed by atoms with Crippen LogP contribution in [0.5, 0.6) is 0 Å². The van der Waals surface area contributed by atoms with E-state index in [0.717, 1.165) is 11.8 Å². The molecule has 14 heavy (non-hydrogen) atoms. The number of rotatable bonds is 1. The maximum absolute atomic E-state index is 11.3. The Labute approximate surface area is 93.8 Å². The Morgan fingerprint density at radius 1 is 1.57 bits per heavy atom. The lowest BCUT2D eigenvalue weighted by Crippen LogP contribution is -2.18. The van der Waals surface area contributed by atoms with Gasteiger partial charge in [-0.25, -0.2) is 0 Å². The van der Waals surface area contributed by atoms with Crippen molar-refractivity contribution >= 4 is 51.3 Å². The smallest absolute Gasteiger partial charge is 0.267 e. The first-order valence-electron chi connectivity index (χ1n) is 3.69. The molecule has 1 aromatic heterocycles. The highest BCUT2D eigenvalue weighted by molar-refractivity contribution is 8.26. The van der Waals surface area contributed by atoms with Gasteiger partial charge < -0.3 is 10.4 Å². The van der Waals surface area contributed by atoms with Gasteiger partial charge >= 0.3 is 0 Å². The molecule has 6 heteroatoms. The molecule has 1 aliphatic rings. The van der Waals surface area contributed by atoms with Crippen LogP contribution in [-0.4, -0.2) is 15.3 Å². The van der Waals surface area contributed by atoms with Crippen LogP contribution in [0.25, 0.3) is 5.76 Å². The molecule has 0 atom stereocenters. The van der Waals surface area contributed by atoms with Crippen molar-refractivity contribution in [2.45, 2.75) is 0 Å². The van der Waals surface area contributed by atoms with Gasteiger partial charge in [-0.1, -0.05) is 30.0 Å². The molecular weight excluding hydrogens is 238 g/mol. The van der Waals surface area contributed by atoms with Crippen LogP contribution in [0.1, 0.15) is 4.88 Å². The first kappa shape index (κ1) is 9.70. The molecule has 2 N–H and O–H groups in total. The van der Waals surface area contributed by atoms with Crippen LogP contribution in [0.4, 0.5) is 0 Å². The number of carbonyl (C=O) groups excluding carboxylic acids is 1. The van der Waals surface area contributed by atoms with Crippen molar-refractivity contribution in [1.29, 1.82) is 0 Å². The summed E-state index contributed by atoms with van der Waals surface area (Å²) < 4.78 is 0.383. The lowest BCUT2D eigenvalue weighted by atomic mass is 10.3. The van der Waals surface area contributed by atoms with Crippen molar-refractivity contribution in [3.8, 4) is 0 Å². The molecule has 2 heterocycles. The van der Waals surface area contributed by atoms with Crippen molar-refractivity contribution < 1.29 is 9.90 Å². The van der Waals surface area contributed by atoms with Crippen molar-refractivity contribution in [2.24, 2.45) is 0 Å². The highest BCUT2D eigenvalue weighted by Gasteiger charge is 2.26. The molecule has 0 unspecified atom stereocenters. The molecule has 0 saturated carbocycles. The molecule has 1 saturated heterocycles. The van der Waals surface area contributed by atoms with Crippen LogP contribution in [-0.2, 0) is 4.79 Å². The molecule has 0 aliphatic carbocycles. The Kier molecular flexibility index (Phi) is 2.58. The van der Waals surface area contributed by atoms with Crippen molar-refractivity contribution in [2.75, 3.05) is 0 Å². The van der Waals surface area contributed by atoms with Gasteiger partial charge in [0, 0.05) is 0 Å². The summed E-state index contributed by atoms with van der Waals surface area (Å²) in [6.07, 6.45) is 0. The lowest BCUT2D eigenvalue weighted by Gasteiger charge is -1.97. The summed E-state index contributed by atoms with van der Waals surface area (Å²) in [5, 5.41) is 14.0. The fraction of sp³-hybridized carbons (Fsp3) is 0. The fourth-order valence-corrected chi connectivity index (χ4v) is 2.76. The average Bonchev–Trinajstić information content (AvgIpc) is 2.73. The van der Waals surface area contributed by atoms with Crippen LogP contribution in [0.2, 0.25) is 0 Å². The minimum atomic E-state index is -0.328. The topological polar surface area (TPSA) is 49.3 Å². The van der Waals surface area contributed by atoms with E-state index in [0.29, 0.717) is 9.20 Å². The third-order valence-corrected chi connectivity index (χ3v) is 3.69. The summed E-state index contributed by atoms with van der Waals surface area (Å²) >= 11 is 7.27. The van der Waals surface area contributed by atoms with E-state index in [2.05, 4.69) is 5.32 Å². The highest BCUT2D eigenvalue weighted by Crippen LogP contribution is 2.31. The Morgan fingerprint density at radius 2 is 2.36 bits per heavy atom. The zero-order chi connectivity index (χ0) is 10.1. The Hall–Kier alpha value is -0.850. The zero-order valence-corrected chi connectivity index (χ0v) is 9.26. The number of nitrogens with one attached hydrogen (secondary N) is 1. The third kappa shape index (κ3) is 1.68. The van der Waals surface area contributed by atoms with E-state index < -0.39 is 0 Å². The van der Waals surface area contributed by atoms with E-state index in [9.17, 15) is 9.90 Å². The first-order chi connectivity index (χ1) is 6.68. The van der Waals surface area contributed by atoms with E-state index in [4.69, 9.17) is 12.2 Å². The molecule has 1 aliphatic heterocycles. The van der Waals surface area contributed by atoms with Gasteiger partial charge in [0.1, 0.15) is 9.23 Å². The van der Waals surface area contributed by atoms with Crippen molar-refractivity contribution in [3.63, 3.8) is 0 Å². The largest absolute Gasteiger partial charge is 0.505 e. The van der Waals surface area contributed by atoms with E-state index in [1.165, 1.54) is 11.3 Å². The number of hydrogen-bond donors (Lipinski definition) is 2. The van der Waals surface area contributed by atoms with Gasteiger partial charge in [0.2, 0.25) is 0 Å². The molecule has 0 bridgehead atoms. The van der Waals surface area contributed by atoms with Crippen LogP contribution in [0.3, 0.4) is 0 Å². The number of thioether (sulfide) groups is 1. The number of thiocarbonyl (C=S) groups is 1. The molecule has 0 radical (unpaired) electrons. The molecule has 1 aromatic rings. The molecule has 2 rings (SSSR count). The Bertz CT molecular complexity index is 422. The van der Waals surface area contributed by atoms with Crippen LogP contribution < -0.4 is 5.32 Å². The van der Waals surface area contributed by atoms with Gasteiger partial charge in [0.15, 0.2) is 5.76 Å². The number of aliphatic hydroxyl groups excluding tert-OH is 1. The molecule has 3 nitrogen and oxygen atoms in total. The maximum Gasteiger partial charge on any atom is 0.267 e. The SMILES string of the molecule is O=C1NC(=S)SC1=C(O)c1cccs1. The van der Waals surface area contributed by atoms with Crippen LogP contribution in [0, 0.1) is 0 Å². The molecule has 1 fully saturated rings. The quantitative estimate of drug-likeness (QED) is 0.450. The highest BCUT2D eigenvalue weighted by atomic mass is 32.2. The summed E-state index contributed by atoms with van der Waals surface area (Å²) in [5.41, 5.74) is 0. The van der Waals surface area contributed by atoms with Gasteiger partial charge in [-0.15, -0.1) is 11.3 Å². The molecular formula is C8H5NO2S3. The predicted molar refractivity (Wildman–Crippen MR) is 62.2 cm³/mol. The molecule has 1 amide bonds. The van der Waals surface area contributed by atoms with Crippen molar-refractivity contribution in [1.82, 2.24) is 5.32 Å². The van der Waals surface area contributed by atoms with E-state index >= 15 is 0 Å². The van der Waals surface area contributed by atoms with Gasteiger partial charge in [0.25, 0.3) is 5.91 Å². The average molecular weight is 243 g/mol. The Balaban J connectivity index is 2.41. The van der Waals surface area contributed by atoms with Gasteiger partial charge in [0.05, 0.1) is 4.88 Å². The Morgan fingerprint density at radius 3 is 2.86 bits per heavy atom. The second-order valence-corrected chi connectivity index (χ2v) is 5.13. The summed E-state index contributed by atoms with van der Waals surface area (Å²) in [6.45, 7) is 0. The molecule has 72 valence electrons. The van der Waals surface area contributed by atoms with Crippen molar-refractivity contribution in [3.05, 3.63) is 27.3 Å². The monoisotopic (exact) mass is 243 g/mol. The lowest BCUT2D eigenvalue weighted by molar-refractivity contribution is -0.115. The number of thiophene rings is 1. The summed E-state index contributed by atoms with van der Waals surface area (Å²) in [6, 6.07) is 3.56. The maximum atomic E-state index is 11.3. The first-order valence-corrected chi connectivity index (χ1v) is 5.79. The number of hydrogen-bond acceptors (Lipinski definition) is 5. The van der Waals surface area contributed by atoms with Gasteiger partial charge in [-0.05, 0) is 11.4 Å². The minimum absolute atomic E-state index is 0.00218. The summed E-state index contributed by atoms with van der Waals surface area (Å²) in [4.78, 5) is 12.2. The van der Waals surface area contributed by atoms with Gasteiger partial charge in [-0.2, -0.15) is 0 Å². The second kappa shape index (κ2) is 3.72. The zero-order valence-electron chi connectivity index (χ0n) is 6.81. The third-order valence-electron chi connectivity index (χ3n) is 1.59. The molecule has 0 spiro atoms. The molecule has 0 aromatic carbocycles. The van der Waals surface area contributed by atoms with E-state index in [-0.39, 0.29) is 16.6 Å². The van der Waals surface area contributed by atoms with Gasteiger partial charge in [-0.3, -0.25) is 4.79 Å². The van der Waals surface area contributed by atoms with Crippen LogP contribution >= 0.6 is 35.3 Å². The van der Waals surface area contributed by atoms with E-state index in [1.807, 2.05) is 11.4 Å². The normalized spacial score (nSPS) is 19.7. The number of amides is 1. The summed E-state index contributed by atoms with van der Waals surface area (Å²) in [7, 11) is 0. The number of aliphatic hydroxyl groups is 1. The fourth-order valence-electron chi connectivity index (χ4n) is 0.995. The minimum Gasteiger partial charge on any atom is -0.505 e.